The fourth-order valence-corrected chi connectivity index (χ4v) is 5.89. The molecule has 1 atom stereocenters. The summed E-state index contributed by atoms with van der Waals surface area (Å²) in [5, 5.41) is 11.3. The zero-order valence-corrected chi connectivity index (χ0v) is 21.1. The van der Waals surface area contributed by atoms with Gasteiger partial charge in [0, 0.05) is 42.9 Å². The normalized spacial score (nSPS) is 17.6. The summed E-state index contributed by atoms with van der Waals surface area (Å²) in [7, 11) is 1.76. The van der Waals surface area contributed by atoms with E-state index in [1.807, 2.05) is 17.2 Å². The van der Waals surface area contributed by atoms with E-state index in [0.717, 1.165) is 66.1 Å². The number of aromatic nitrogens is 2. The highest BCUT2D eigenvalue weighted by Crippen LogP contribution is 2.46. The van der Waals surface area contributed by atoms with Gasteiger partial charge in [-0.3, -0.25) is 9.78 Å². The van der Waals surface area contributed by atoms with Crippen molar-refractivity contribution in [2.24, 2.45) is 5.92 Å². The highest BCUT2D eigenvalue weighted by Gasteiger charge is 2.36. The predicted octanol–water partition coefficient (Wildman–Crippen LogP) is 4.39. The lowest BCUT2D eigenvalue weighted by Crippen LogP contribution is -2.41. The van der Waals surface area contributed by atoms with Gasteiger partial charge >= 0.3 is 0 Å². The van der Waals surface area contributed by atoms with Crippen LogP contribution in [-0.2, 0) is 24.1 Å². The molecular weight excluding hydrogens is 450 g/mol. The Kier molecular flexibility index (Phi) is 6.77. The highest BCUT2D eigenvalue weighted by atomic mass is 16.5. The Balaban J connectivity index is 1.43. The van der Waals surface area contributed by atoms with Crippen LogP contribution >= 0.6 is 0 Å². The Morgan fingerprint density at radius 3 is 2.61 bits per heavy atom. The summed E-state index contributed by atoms with van der Waals surface area (Å²) in [6.45, 7) is 7.50. The van der Waals surface area contributed by atoms with Gasteiger partial charge in [-0.05, 0) is 78.5 Å². The first-order valence-electron chi connectivity index (χ1n) is 12.7. The molecule has 186 valence electrons. The number of benzene rings is 1. The lowest BCUT2D eigenvalue weighted by atomic mass is 9.75. The van der Waals surface area contributed by atoms with Gasteiger partial charge in [-0.15, -0.1) is 0 Å². The Morgan fingerprint density at radius 1 is 1.19 bits per heavy atom. The second kappa shape index (κ2) is 10.1. The van der Waals surface area contributed by atoms with Crippen LogP contribution in [0.3, 0.4) is 0 Å². The maximum absolute atomic E-state index is 13.0. The van der Waals surface area contributed by atoms with Crippen molar-refractivity contribution in [3.05, 3.63) is 99.8 Å². The number of pyridine rings is 2. The second-order valence-corrected chi connectivity index (χ2v) is 10.00. The summed E-state index contributed by atoms with van der Waals surface area (Å²) in [6.07, 6.45) is 10.7. The van der Waals surface area contributed by atoms with E-state index in [0.29, 0.717) is 12.3 Å². The first-order valence-corrected chi connectivity index (χ1v) is 12.7. The van der Waals surface area contributed by atoms with Crippen LogP contribution in [0.4, 0.5) is 0 Å². The number of carbonyl (C=O) groups excluding carboxylic acids is 1. The van der Waals surface area contributed by atoms with Crippen LogP contribution in [0.1, 0.15) is 57.8 Å². The molecule has 2 aromatic heterocycles. The topological polar surface area (TPSA) is 69.4 Å². The van der Waals surface area contributed by atoms with E-state index in [1.165, 1.54) is 34.6 Å². The molecular formula is C30H33N3O3. The van der Waals surface area contributed by atoms with E-state index in [4.69, 9.17) is 9.72 Å². The zero-order chi connectivity index (χ0) is 25.2. The maximum atomic E-state index is 13.0. The van der Waals surface area contributed by atoms with Crippen molar-refractivity contribution in [2.45, 2.75) is 44.9 Å². The van der Waals surface area contributed by atoms with Crippen LogP contribution < -0.4 is 9.47 Å². The molecule has 3 heterocycles. The number of hydrogen-bond acceptors (Lipinski definition) is 4. The van der Waals surface area contributed by atoms with Crippen molar-refractivity contribution in [1.82, 2.24) is 9.88 Å². The van der Waals surface area contributed by atoms with Crippen molar-refractivity contribution in [3.63, 3.8) is 0 Å². The van der Waals surface area contributed by atoms with Gasteiger partial charge in [0.25, 0.3) is 0 Å². The second-order valence-electron chi connectivity index (χ2n) is 10.00. The van der Waals surface area contributed by atoms with E-state index in [9.17, 15) is 10.0 Å². The molecule has 0 radical (unpaired) electrons. The summed E-state index contributed by atoms with van der Waals surface area (Å²) < 4.78 is 6.67. The number of methoxy groups -OCH3 is 1. The largest absolute Gasteiger partial charge is 0.619 e. The lowest BCUT2D eigenvalue weighted by molar-refractivity contribution is -0.605. The molecule has 0 saturated carbocycles. The molecule has 1 aromatic carbocycles. The molecule has 1 unspecified atom stereocenters. The molecule has 0 N–H and O–H groups in total. The summed E-state index contributed by atoms with van der Waals surface area (Å²) in [4.78, 5) is 19.9. The van der Waals surface area contributed by atoms with Gasteiger partial charge in [0.05, 0.1) is 19.2 Å². The Labute approximate surface area is 212 Å². The lowest BCUT2D eigenvalue weighted by Gasteiger charge is -2.37. The molecule has 0 bridgehead atoms. The van der Waals surface area contributed by atoms with Gasteiger partial charge in [0.1, 0.15) is 5.75 Å². The number of likely N-dealkylation sites (tertiary alicyclic amines) is 1. The standard InChI is InChI=1S/C30H33N3O3/c1-4-21-17-25-6-5-24-15-20(2)16-26(36-3)28(24)29(30(25)31-19-21)23-9-11-32(12-10-23)27(34)18-22-7-13-33(35)14-8-22/h4,7-8,13-17,19,23,29H,1,5-6,9-12,18H2,2-3H3. The van der Waals surface area contributed by atoms with Crippen molar-refractivity contribution in [1.29, 1.82) is 0 Å². The number of amides is 1. The van der Waals surface area contributed by atoms with Crippen LogP contribution in [0, 0.1) is 18.0 Å². The smallest absolute Gasteiger partial charge is 0.226 e. The van der Waals surface area contributed by atoms with Crippen molar-refractivity contribution >= 4 is 12.0 Å². The average Bonchev–Trinajstić information content (AvgIpc) is 3.06. The minimum atomic E-state index is 0.112. The fraction of sp³-hybridized carbons (Fsp3) is 0.367. The summed E-state index contributed by atoms with van der Waals surface area (Å²) >= 11 is 0. The van der Waals surface area contributed by atoms with Gasteiger partial charge in [0.2, 0.25) is 5.91 Å². The van der Waals surface area contributed by atoms with E-state index >= 15 is 0 Å². The molecule has 6 nitrogen and oxygen atoms in total. The number of carbonyl (C=O) groups is 1. The first-order chi connectivity index (χ1) is 17.5. The van der Waals surface area contributed by atoms with E-state index in [1.54, 1.807) is 19.2 Å². The van der Waals surface area contributed by atoms with E-state index < -0.39 is 0 Å². The first kappa shape index (κ1) is 24.0. The number of piperidine rings is 1. The van der Waals surface area contributed by atoms with Crippen molar-refractivity contribution in [3.8, 4) is 5.75 Å². The molecule has 5 rings (SSSR count). The van der Waals surface area contributed by atoms with Crippen LogP contribution in [0.15, 0.2) is 55.5 Å². The minimum Gasteiger partial charge on any atom is -0.619 e. The third-order valence-corrected chi connectivity index (χ3v) is 7.71. The fourth-order valence-electron chi connectivity index (χ4n) is 5.89. The molecule has 1 amide bonds. The van der Waals surface area contributed by atoms with Gasteiger partial charge in [-0.2, -0.15) is 4.73 Å². The summed E-state index contributed by atoms with van der Waals surface area (Å²) in [6, 6.07) is 10.1. The predicted molar refractivity (Wildman–Crippen MR) is 140 cm³/mol. The number of fused-ring (bicyclic) bond motifs is 2. The number of aryl methyl sites for hydroxylation is 3. The third kappa shape index (κ3) is 4.72. The van der Waals surface area contributed by atoms with E-state index in [2.05, 4.69) is 31.7 Å². The van der Waals surface area contributed by atoms with E-state index in [-0.39, 0.29) is 11.8 Å². The molecule has 2 aliphatic rings. The van der Waals surface area contributed by atoms with Gasteiger partial charge in [-0.1, -0.05) is 18.7 Å². The molecule has 36 heavy (non-hydrogen) atoms. The monoisotopic (exact) mass is 483 g/mol. The number of hydrogen-bond donors (Lipinski definition) is 0. The minimum absolute atomic E-state index is 0.112. The molecule has 0 spiro atoms. The number of nitrogens with zero attached hydrogens (tertiary/aromatic N) is 3. The maximum Gasteiger partial charge on any atom is 0.226 e. The average molecular weight is 484 g/mol. The zero-order valence-electron chi connectivity index (χ0n) is 21.1. The Morgan fingerprint density at radius 2 is 1.92 bits per heavy atom. The van der Waals surface area contributed by atoms with Crippen LogP contribution in [0.2, 0.25) is 0 Å². The van der Waals surface area contributed by atoms with Gasteiger partial charge < -0.3 is 14.8 Å². The molecule has 1 aliphatic carbocycles. The number of ether oxygens (including phenoxy) is 1. The molecule has 1 fully saturated rings. The Hall–Kier alpha value is -3.67. The highest BCUT2D eigenvalue weighted by molar-refractivity contribution is 5.78. The quantitative estimate of drug-likeness (QED) is 0.399. The summed E-state index contributed by atoms with van der Waals surface area (Å²) in [5.41, 5.74) is 8.15. The Bertz CT molecular complexity index is 1280. The SMILES string of the molecule is C=Cc1cnc2c(c1)CCc1cc(C)cc(OC)c1C2C1CCN(C(=O)Cc2cc[n+]([O-])cc2)CC1. The van der Waals surface area contributed by atoms with Crippen LogP contribution in [0.25, 0.3) is 6.08 Å². The van der Waals surface area contributed by atoms with Crippen molar-refractivity contribution in [2.75, 3.05) is 20.2 Å². The molecule has 6 heteroatoms. The number of rotatable bonds is 5. The van der Waals surface area contributed by atoms with Crippen molar-refractivity contribution < 1.29 is 14.3 Å². The van der Waals surface area contributed by atoms with Crippen LogP contribution in [0.5, 0.6) is 5.75 Å². The molecule has 1 saturated heterocycles. The van der Waals surface area contributed by atoms with Crippen LogP contribution in [-0.4, -0.2) is 36.0 Å². The van der Waals surface area contributed by atoms with Gasteiger partial charge in [0.15, 0.2) is 12.4 Å². The van der Waals surface area contributed by atoms with Gasteiger partial charge in [-0.25, -0.2) is 0 Å². The molecule has 1 aliphatic heterocycles. The third-order valence-electron chi connectivity index (χ3n) is 7.71. The summed E-state index contributed by atoms with van der Waals surface area (Å²) in [5.74, 6) is 1.54. The molecule has 3 aromatic rings.